The largest absolute Gasteiger partial charge is 0.508 e. The number of nitrogens with one attached hydrogen (secondary N) is 1. The second kappa shape index (κ2) is 6.73. The predicted octanol–water partition coefficient (Wildman–Crippen LogP) is 2.64. The molecule has 2 aromatic rings. The maximum atomic E-state index is 12.0. The molecule has 0 unspecified atom stereocenters. The fraction of sp³-hybridized carbons (Fsp3) is 0.143. The second-order valence-electron chi connectivity index (χ2n) is 4.37. The van der Waals surface area contributed by atoms with Crippen molar-refractivity contribution in [3.05, 3.63) is 50.6 Å². The number of phenolic OH excluding ortho intramolecular Hbond substituents is 1. The number of carboxylic acid groups (broad SMARTS) is 1. The second-order valence-corrected chi connectivity index (χ2v) is 6.66. The van der Waals surface area contributed by atoms with Crippen molar-refractivity contribution in [2.45, 2.75) is 12.5 Å². The fourth-order valence-electron chi connectivity index (χ4n) is 1.74. The number of carboxylic acids is 1. The number of carbonyl (C=O) groups excluding carboxylic acids is 1. The molecular weight excluding hydrogens is 358 g/mol. The van der Waals surface area contributed by atoms with Crippen molar-refractivity contribution < 1.29 is 19.8 Å². The number of aliphatic carboxylic acids is 1. The summed E-state index contributed by atoms with van der Waals surface area (Å²) in [5.41, 5.74) is 1.14. The van der Waals surface area contributed by atoms with Crippen molar-refractivity contribution in [2.24, 2.45) is 0 Å². The molecule has 2 rings (SSSR count). The summed E-state index contributed by atoms with van der Waals surface area (Å²) in [6, 6.07) is 6.81. The molecule has 0 saturated heterocycles. The van der Waals surface area contributed by atoms with Gasteiger partial charge in [-0.05, 0) is 39.7 Å². The Morgan fingerprint density at radius 2 is 1.95 bits per heavy atom. The molecule has 7 heteroatoms. The summed E-state index contributed by atoms with van der Waals surface area (Å²) in [6.07, 6.45) is 0.145. The average molecular weight is 370 g/mol. The molecule has 1 heterocycles. The van der Waals surface area contributed by atoms with E-state index >= 15 is 0 Å². The SMILES string of the molecule is O=C(N[C@@H](Cc1ccc(O)cc1)C(=O)O)c1csc(Br)c1. The Bertz CT molecular complexity index is 653. The molecule has 1 atom stereocenters. The van der Waals surface area contributed by atoms with E-state index < -0.39 is 17.9 Å². The van der Waals surface area contributed by atoms with Gasteiger partial charge in [0.15, 0.2) is 0 Å². The topological polar surface area (TPSA) is 86.6 Å². The van der Waals surface area contributed by atoms with Gasteiger partial charge in [-0.2, -0.15) is 0 Å². The Labute approximate surface area is 133 Å². The molecule has 0 saturated carbocycles. The van der Waals surface area contributed by atoms with Crippen molar-refractivity contribution in [3.63, 3.8) is 0 Å². The summed E-state index contributed by atoms with van der Waals surface area (Å²) < 4.78 is 0.804. The number of halogens is 1. The van der Waals surface area contributed by atoms with Gasteiger partial charge in [-0.1, -0.05) is 12.1 Å². The van der Waals surface area contributed by atoms with Gasteiger partial charge in [0.05, 0.1) is 9.35 Å². The van der Waals surface area contributed by atoms with E-state index in [0.29, 0.717) is 11.1 Å². The summed E-state index contributed by atoms with van der Waals surface area (Å²) in [4.78, 5) is 23.3. The molecule has 0 radical (unpaired) electrons. The van der Waals surface area contributed by atoms with Gasteiger partial charge in [0.1, 0.15) is 11.8 Å². The van der Waals surface area contributed by atoms with Crippen molar-refractivity contribution in [2.75, 3.05) is 0 Å². The first-order chi connectivity index (χ1) is 9.95. The minimum atomic E-state index is -1.11. The summed E-state index contributed by atoms with van der Waals surface area (Å²) in [7, 11) is 0. The zero-order chi connectivity index (χ0) is 15.4. The van der Waals surface area contributed by atoms with Gasteiger partial charge in [-0.15, -0.1) is 11.3 Å². The molecule has 0 aliphatic rings. The Kier molecular flexibility index (Phi) is 4.98. The van der Waals surface area contributed by atoms with Crippen molar-refractivity contribution in [1.29, 1.82) is 0 Å². The van der Waals surface area contributed by atoms with E-state index in [4.69, 9.17) is 0 Å². The first-order valence-corrected chi connectivity index (χ1v) is 7.68. The summed E-state index contributed by atoms with van der Waals surface area (Å²) >= 11 is 4.61. The minimum Gasteiger partial charge on any atom is -0.508 e. The monoisotopic (exact) mass is 369 g/mol. The Balaban J connectivity index is 2.07. The van der Waals surface area contributed by atoms with Crippen LogP contribution in [0, 0.1) is 0 Å². The molecule has 1 aromatic heterocycles. The lowest BCUT2D eigenvalue weighted by Crippen LogP contribution is -2.42. The normalized spacial score (nSPS) is 11.9. The van der Waals surface area contributed by atoms with Crippen LogP contribution in [0.15, 0.2) is 39.5 Å². The van der Waals surface area contributed by atoms with E-state index in [1.165, 1.54) is 23.5 Å². The maximum absolute atomic E-state index is 12.0. The van der Waals surface area contributed by atoms with Gasteiger partial charge in [-0.3, -0.25) is 4.79 Å². The number of benzene rings is 1. The zero-order valence-corrected chi connectivity index (χ0v) is 13.1. The van der Waals surface area contributed by atoms with Crippen LogP contribution in [-0.2, 0) is 11.2 Å². The summed E-state index contributed by atoms with van der Waals surface area (Å²) in [5.74, 6) is -1.42. The number of rotatable bonds is 5. The van der Waals surface area contributed by atoms with Crippen LogP contribution < -0.4 is 5.32 Å². The lowest BCUT2D eigenvalue weighted by Gasteiger charge is -2.14. The van der Waals surface area contributed by atoms with Crippen LogP contribution in [0.1, 0.15) is 15.9 Å². The third kappa shape index (κ3) is 4.30. The third-order valence-electron chi connectivity index (χ3n) is 2.81. The number of amides is 1. The molecule has 0 fully saturated rings. The number of hydrogen-bond donors (Lipinski definition) is 3. The standard InChI is InChI=1S/C14H12BrNO4S/c15-12-6-9(7-21-12)13(18)16-11(14(19)20)5-8-1-3-10(17)4-2-8/h1-4,6-7,11,17H,5H2,(H,16,18)(H,19,20)/t11-/m0/s1. The van der Waals surface area contributed by atoms with E-state index in [9.17, 15) is 19.8 Å². The molecule has 0 spiro atoms. The van der Waals surface area contributed by atoms with Gasteiger partial charge in [-0.25, -0.2) is 4.79 Å². The van der Waals surface area contributed by atoms with Gasteiger partial charge in [0, 0.05) is 11.8 Å². The number of phenols is 1. The van der Waals surface area contributed by atoms with Crippen molar-refractivity contribution in [3.8, 4) is 5.75 Å². The Morgan fingerprint density at radius 1 is 1.29 bits per heavy atom. The summed E-state index contributed by atoms with van der Waals surface area (Å²) in [5, 5.41) is 22.6. The van der Waals surface area contributed by atoms with Crippen LogP contribution in [0.25, 0.3) is 0 Å². The van der Waals surface area contributed by atoms with Crippen LogP contribution in [0.5, 0.6) is 5.75 Å². The van der Waals surface area contributed by atoms with Crippen LogP contribution >= 0.6 is 27.3 Å². The smallest absolute Gasteiger partial charge is 0.326 e. The van der Waals surface area contributed by atoms with E-state index in [2.05, 4.69) is 21.2 Å². The van der Waals surface area contributed by atoms with E-state index in [1.807, 2.05) is 0 Å². The molecule has 3 N–H and O–H groups in total. The molecule has 21 heavy (non-hydrogen) atoms. The fourth-order valence-corrected chi connectivity index (χ4v) is 2.88. The van der Waals surface area contributed by atoms with Gasteiger partial charge < -0.3 is 15.5 Å². The highest BCUT2D eigenvalue weighted by atomic mass is 79.9. The molecule has 0 aliphatic carbocycles. The number of thiophene rings is 1. The number of carbonyl (C=O) groups is 2. The predicted molar refractivity (Wildman–Crippen MR) is 82.7 cm³/mol. The highest BCUT2D eigenvalue weighted by molar-refractivity contribution is 9.11. The molecule has 5 nitrogen and oxygen atoms in total. The van der Waals surface area contributed by atoms with Crippen molar-refractivity contribution in [1.82, 2.24) is 5.32 Å². The first kappa shape index (κ1) is 15.5. The van der Waals surface area contributed by atoms with Gasteiger partial charge >= 0.3 is 5.97 Å². The van der Waals surface area contributed by atoms with E-state index in [1.54, 1.807) is 23.6 Å². The van der Waals surface area contributed by atoms with E-state index in [0.717, 1.165) is 3.79 Å². The quantitative estimate of drug-likeness (QED) is 0.755. The van der Waals surface area contributed by atoms with Crippen LogP contribution in [0.4, 0.5) is 0 Å². The average Bonchev–Trinajstić information content (AvgIpc) is 2.87. The molecule has 0 aliphatic heterocycles. The maximum Gasteiger partial charge on any atom is 0.326 e. The highest BCUT2D eigenvalue weighted by Gasteiger charge is 2.21. The molecule has 0 bridgehead atoms. The van der Waals surface area contributed by atoms with E-state index in [-0.39, 0.29) is 12.2 Å². The lowest BCUT2D eigenvalue weighted by molar-refractivity contribution is -0.139. The molecular formula is C14H12BrNO4S. The lowest BCUT2D eigenvalue weighted by atomic mass is 10.1. The zero-order valence-electron chi connectivity index (χ0n) is 10.7. The third-order valence-corrected chi connectivity index (χ3v) is 4.31. The number of hydrogen-bond acceptors (Lipinski definition) is 4. The Morgan fingerprint density at radius 3 is 2.48 bits per heavy atom. The first-order valence-electron chi connectivity index (χ1n) is 6.01. The Hall–Kier alpha value is -1.86. The molecule has 1 amide bonds. The highest BCUT2D eigenvalue weighted by Crippen LogP contribution is 2.20. The van der Waals surface area contributed by atoms with Gasteiger partial charge in [0.2, 0.25) is 0 Å². The summed E-state index contributed by atoms with van der Waals surface area (Å²) in [6.45, 7) is 0. The minimum absolute atomic E-state index is 0.109. The van der Waals surface area contributed by atoms with Gasteiger partial charge in [0.25, 0.3) is 5.91 Å². The molecule has 1 aromatic carbocycles. The van der Waals surface area contributed by atoms with Crippen LogP contribution in [0.3, 0.4) is 0 Å². The van der Waals surface area contributed by atoms with Crippen LogP contribution in [-0.4, -0.2) is 28.1 Å². The van der Waals surface area contributed by atoms with Crippen molar-refractivity contribution >= 4 is 39.1 Å². The molecule has 110 valence electrons. The number of aromatic hydroxyl groups is 1. The van der Waals surface area contributed by atoms with Crippen LogP contribution in [0.2, 0.25) is 0 Å².